The van der Waals surface area contributed by atoms with Gasteiger partial charge in [-0.25, -0.2) is 0 Å². The Kier molecular flexibility index (Phi) is 42.1. The van der Waals surface area contributed by atoms with Gasteiger partial charge in [0.2, 0.25) is 143 Å². The topological polar surface area (TPSA) is 763 Å². The third-order valence-electron chi connectivity index (χ3n) is 22.7. The highest BCUT2D eigenvalue weighted by molar-refractivity contribution is 5.50. The van der Waals surface area contributed by atoms with Gasteiger partial charge >= 0.3 is 0 Å². The van der Waals surface area contributed by atoms with Crippen molar-refractivity contribution >= 4 is 143 Å². The summed E-state index contributed by atoms with van der Waals surface area (Å²) < 4.78 is 5.20. The van der Waals surface area contributed by atoms with Gasteiger partial charge in [0.15, 0.2) is 0 Å². The first-order valence-corrected chi connectivity index (χ1v) is 46.6. The van der Waals surface area contributed by atoms with E-state index in [0.717, 1.165) is 153 Å². The lowest BCUT2D eigenvalue weighted by molar-refractivity contribution is 0.530. The number of furan rings is 1. The molecule has 9 aromatic rings. The number of anilines is 24. The van der Waals surface area contributed by atoms with Gasteiger partial charge in [0.1, 0.15) is 5.76 Å². The molecule has 0 radical (unpaired) electrons. The summed E-state index contributed by atoms with van der Waals surface area (Å²) in [5.41, 5.74) is 97.9. The number of hydrogen-bond donors (Lipinski definition) is 19. The van der Waals surface area contributed by atoms with E-state index in [4.69, 9.17) is 84.7 Å². The average Bonchev–Trinajstić information content (AvgIpc) is 1.75. The van der Waals surface area contributed by atoms with Crippen molar-refractivity contribution in [1.29, 1.82) is 0 Å². The largest absolute Gasteiger partial charge is 0.469 e. The van der Waals surface area contributed by atoms with Crippen LogP contribution in [0, 0.1) is 6.92 Å². The lowest BCUT2D eigenvalue weighted by Gasteiger charge is -2.17. The molecule has 33 N–H and O–H groups in total. The van der Waals surface area contributed by atoms with Crippen LogP contribution in [-0.2, 0) is 6.42 Å². The maximum Gasteiger partial charge on any atom is 0.231 e. The highest BCUT2D eigenvalue weighted by Gasteiger charge is 2.19. The first-order valence-electron chi connectivity index (χ1n) is 46.6. The number of nitrogens with zero attached hydrogens (tertiary/aromatic N) is 29. The van der Waals surface area contributed by atoms with E-state index in [0.29, 0.717) is 66.0 Å². The van der Waals surface area contributed by atoms with Gasteiger partial charge in [-0.15, -0.1) is 0 Å². The van der Waals surface area contributed by atoms with Gasteiger partial charge in [-0.3, -0.25) is 0 Å². The predicted octanol–water partition coefficient (Wildman–Crippen LogP) is 9.43. The van der Waals surface area contributed by atoms with Gasteiger partial charge in [-0.05, 0) is 202 Å². The number of nitrogens with two attached hydrogens (primary N) is 14. The van der Waals surface area contributed by atoms with Crippen molar-refractivity contribution in [2.24, 2.45) is 0 Å². The molecule has 0 aromatic carbocycles. The van der Waals surface area contributed by atoms with Crippen molar-refractivity contribution < 1.29 is 4.42 Å². The van der Waals surface area contributed by atoms with Gasteiger partial charge < -0.3 is 136 Å². The second kappa shape index (κ2) is 54.9. The summed E-state index contributed by atoms with van der Waals surface area (Å²) in [6.45, 7) is 23.1. The number of rotatable bonds is 34. The van der Waals surface area contributed by atoms with Crippen LogP contribution in [0.25, 0.3) is 0 Å². The molecule has 9 heterocycles. The van der Waals surface area contributed by atoms with Crippen LogP contribution in [0.3, 0.4) is 0 Å². The predicted molar refractivity (Wildman–Crippen MR) is 576 cm³/mol. The van der Waals surface area contributed by atoms with Crippen LogP contribution in [0.1, 0.15) is 150 Å². The van der Waals surface area contributed by atoms with Crippen molar-refractivity contribution in [3.63, 3.8) is 0 Å². The van der Waals surface area contributed by atoms with Gasteiger partial charge in [0, 0.05) is 102 Å². The fraction of sp³-hybridized carbons (Fsp3) is 0.404. The van der Waals surface area contributed by atoms with Gasteiger partial charge in [-0.2, -0.15) is 120 Å². The van der Waals surface area contributed by atoms with Crippen LogP contribution in [-0.4, -0.2) is 221 Å². The third-order valence-corrected chi connectivity index (χ3v) is 22.7. The van der Waals surface area contributed by atoms with Crippen molar-refractivity contribution in [2.45, 2.75) is 152 Å². The summed E-state index contributed by atoms with van der Waals surface area (Å²) >= 11 is 0. The first-order chi connectivity index (χ1) is 68.2. The Morgan fingerprint density at radius 2 is 0.490 bits per heavy atom. The molecule has 0 spiro atoms. The van der Waals surface area contributed by atoms with Gasteiger partial charge in [0.25, 0.3) is 0 Å². The number of nitrogen functional groups attached to an aromatic ring is 14. The van der Waals surface area contributed by atoms with E-state index in [-0.39, 0.29) is 83.3 Å². The molecule has 0 unspecified atom stereocenters. The Hall–Kier alpha value is -17.1. The van der Waals surface area contributed by atoms with Gasteiger partial charge in [-0.1, -0.05) is 124 Å². The summed E-state index contributed by atoms with van der Waals surface area (Å²) in [4.78, 5) is 105. The monoisotopic (exact) mass is 1960 g/mol. The van der Waals surface area contributed by atoms with Crippen LogP contribution in [0.4, 0.5) is 143 Å². The van der Waals surface area contributed by atoms with E-state index >= 15 is 0 Å². The molecule has 16 rings (SSSR count). The normalized spacial score (nSPS) is 13.8. The molecule has 7 aliphatic carbocycles. The minimum atomic E-state index is 0.111. The number of hydrogen-bond acceptors (Lipinski definition) is 49. The molecule has 49 heteroatoms. The van der Waals surface area contributed by atoms with Crippen LogP contribution in [0.5, 0.6) is 0 Å². The van der Waals surface area contributed by atoms with E-state index in [9.17, 15) is 0 Å². The standard InChI is InChI=1S/2C13H20N6.3C12H18N6.2C11H16N6.C10H14N6O/c2*1-9-5-4-6-10(9)7-8-15-12-16-11(14)17-13(18-12)19(2)3;3*1-8-4-3-5-9(8)6-7-18(2)12-16-10(13)15-11(14)17-12;2*1-7-3-2-4-8(7)5-6-14-11-16-9(12)15-10(13)17-11;1-6-7(3-5-17-6)2-4-13-10-15-8(11)14-9(12)16-10/h5-6H,4,7-8H2,1-3H3,(H3,14,15,16,17,18);4,6H,5,7-8H2,1-3H3,(H3,14,15,16,17,18);2*4-5H,3,6-7H2,1-2H3,(H4,13,14,15,16,17);3,5H,4,6-7H2,1-2H3,(H4,13,14,15,16,17);2*3-4H,2,5-6H2,1H3,(H5,12,13,14,15,16,17);3,5H,2,4H2,1H3,(H5,11,12,13,14,15,16). The average molecular weight is 1960 g/mol. The van der Waals surface area contributed by atoms with E-state index in [1.165, 1.54) is 78.0 Å². The molecule has 49 nitrogen and oxygen atoms in total. The minimum Gasteiger partial charge on any atom is -0.469 e. The second-order valence-corrected chi connectivity index (χ2v) is 34.1. The molecule has 0 aliphatic heterocycles. The lowest BCUT2D eigenvalue weighted by atomic mass is 10.1. The quantitative estimate of drug-likeness (QED) is 0.0178. The summed E-state index contributed by atoms with van der Waals surface area (Å²) in [7, 11) is 13.2. The Morgan fingerprint density at radius 3 is 0.734 bits per heavy atom. The lowest BCUT2D eigenvalue weighted by Crippen LogP contribution is -2.22. The zero-order valence-electron chi connectivity index (χ0n) is 84.5. The molecule has 0 bridgehead atoms. The maximum atomic E-state index is 5.66. The Bertz CT molecular complexity index is 5950. The summed E-state index contributed by atoms with van der Waals surface area (Å²) in [5, 5.41) is 15.6. The first kappa shape index (κ1) is 110. The van der Waals surface area contributed by atoms with Crippen molar-refractivity contribution in [1.82, 2.24) is 120 Å². The maximum absolute atomic E-state index is 5.66. The van der Waals surface area contributed by atoms with E-state index in [1.54, 1.807) is 16.1 Å². The van der Waals surface area contributed by atoms with Crippen LogP contribution < -0.4 is 131 Å². The van der Waals surface area contributed by atoms with Crippen LogP contribution in [0.15, 0.2) is 180 Å². The Labute approximate surface area is 834 Å². The number of allylic oxidation sites excluding steroid dienone is 21. The van der Waals surface area contributed by atoms with E-state index in [2.05, 4.69) is 280 Å². The molecule has 0 fully saturated rings. The molecule has 7 aliphatic rings. The molecule has 762 valence electrons. The zero-order valence-corrected chi connectivity index (χ0v) is 84.5. The van der Waals surface area contributed by atoms with E-state index < -0.39 is 0 Å². The van der Waals surface area contributed by atoms with Crippen LogP contribution in [0.2, 0.25) is 0 Å². The van der Waals surface area contributed by atoms with Crippen molar-refractivity contribution in [3.05, 3.63) is 187 Å². The van der Waals surface area contributed by atoms with Crippen molar-refractivity contribution in [3.8, 4) is 0 Å². The minimum absolute atomic E-state index is 0.111. The third kappa shape index (κ3) is 37.6. The fourth-order valence-corrected chi connectivity index (χ4v) is 14.6. The molecular formula is C94H140N48O. The van der Waals surface area contributed by atoms with Crippen molar-refractivity contribution in [2.75, 3.05) is 233 Å². The summed E-state index contributed by atoms with van der Waals surface area (Å²) in [5.74, 6) is 8.02. The molecular weight excluding hydrogens is 1820 g/mol. The Balaban J connectivity index is 0.000000182. The summed E-state index contributed by atoms with van der Waals surface area (Å²) in [6, 6.07) is 1.94. The molecule has 9 aromatic heterocycles. The molecule has 0 saturated heterocycles. The highest BCUT2D eigenvalue weighted by Crippen LogP contribution is 2.30. The molecule has 0 atom stereocenters. The second-order valence-electron chi connectivity index (χ2n) is 34.1. The molecule has 143 heavy (non-hydrogen) atoms. The SMILES string of the molecule is CC1=C(CCN(C)c2nc(N)nc(N)n2)C=CC1.CC1=C(CCNc2nc(N)nc(N(C)C)n2)C=CC1.CC1=CCC=C1CCN(C)c1nc(N)nc(N)n1.CC1=CCC=C1CCN(C)c1nc(N)nc(N)n1.CC1=CCC=C1CCNc1nc(N)nc(N(C)C)n1.CC1=CCC=C1CCNc1nc(N)nc(N)n1.CC1=CCC=C1CCNc1nc(N)nc(N)n1.Cc1occc1CCNc1nc(N)nc(N)n1. The number of aromatic nitrogens is 24. The number of aryl methyl sites for hydroxylation is 1. The molecule has 0 saturated carbocycles. The van der Waals surface area contributed by atoms with Crippen LogP contribution >= 0.6 is 0 Å². The van der Waals surface area contributed by atoms with Gasteiger partial charge in [0.05, 0.1) is 6.26 Å². The number of nitrogens with one attached hydrogen (secondary N) is 5. The van der Waals surface area contributed by atoms with E-state index in [1.807, 2.05) is 77.0 Å². The Morgan fingerprint density at radius 1 is 0.259 bits per heavy atom. The zero-order chi connectivity index (χ0) is 104. The smallest absolute Gasteiger partial charge is 0.231 e. The molecule has 0 amide bonds. The summed E-state index contributed by atoms with van der Waals surface area (Å²) in [6.07, 6.45) is 47.6. The fourth-order valence-electron chi connectivity index (χ4n) is 14.6. The highest BCUT2D eigenvalue weighted by atomic mass is 16.3.